The van der Waals surface area contributed by atoms with Gasteiger partial charge in [0.15, 0.2) is 0 Å². The van der Waals surface area contributed by atoms with E-state index in [1.165, 1.54) is 0 Å². The number of nitriles is 1. The lowest BCUT2D eigenvalue weighted by Crippen LogP contribution is -2.26. The van der Waals surface area contributed by atoms with Gasteiger partial charge in [0, 0.05) is 33.9 Å². The summed E-state index contributed by atoms with van der Waals surface area (Å²) >= 11 is 0. The molecule has 0 radical (unpaired) electrons. The van der Waals surface area contributed by atoms with Crippen molar-refractivity contribution in [1.29, 1.82) is 5.26 Å². The number of benzene rings is 3. The van der Waals surface area contributed by atoms with Gasteiger partial charge in [-0.15, -0.1) is 0 Å². The average Bonchev–Trinajstić information content (AvgIpc) is 3.10. The summed E-state index contributed by atoms with van der Waals surface area (Å²) < 4.78 is 0. The highest BCUT2D eigenvalue weighted by Gasteiger charge is 2.38. The van der Waals surface area contributed by atoms with Crippen LogP contribution in [0.25, 0.3) is 22.4 Å². The summed E-state index contributed by atoms with van der Waals surface area (Å²) in [6.07, 6.45) is 1.76. The molecule has 0 saturated heterocycles. The van der Waals surface area contributed by atoms with Gasteiger partial charge in [-0.3, -0.25) is 9.98 Å². The molecule has 154 valence electrons. The number of para-hydroxylation sites is 2. The first-order valence-electron chi connectivity index (χ1n) is 10.5. The third-order valence-electron chi connectivity index (χ3n) is 6.08. The van der Waals surface area contributed by atoms with Crippen LogP contribution in [-0.4, -0.2) is 15.8 Å². The zero-order valence-corrected chi connectivity index (χ0v) is 17.9. The van der Waals surface area contributed by atoms with E-state index in [0.29, 0.717) is 5.56 Å². The molecule has 2 heterocycles. The van der Waals surface area contributed by atoms with Crippen molar-refractivity contribution >= 4 is 11.4 Å². The summed E-state index contributed by atoms with van der Waals surface area (Å²) in [5.74, 6) is 0.212. The molecular formula is C28H21N3O. The maximum absolute atomic E-state index is 10.5. The number of rotatable bonds is 3. The lowest BCUT2D eigenvalue weighted by atomic mass is 9.78. The van der Waals surface area contributed by atoms with Gasteiger partial charge in [-0.2, -0.15) is 5.26 Å². The molecule has 0 amide bonds. The Hall–Kier alpha value is -4.23. The molecule has 32 heavy (non-hydrogen) atoms. The molecule has 3 aromatic carbocycles. The van der Waals surface area contributed by atoms with Crippen LogP contribution in [0.1, 0.15) is 30.5 Å². The van der Waals surface area contributed by atoms with Crippen LogP contribution in [0.4, 0.5) is 5.69 Å². The fraction of sp³-hybridized carbons (Fsp3) is 0.107. The van der Waals surface area contributed by atoms with Crippen LogP contribution >= 0.6 is 0 Å². The fourth-order valence-electron chi connectivity index (χ4n) is 4.39. The Balaban J connectivity index is 1.73. The topological polar surface area (TPSA) is 69.3 Å². The van der Waals surface area contributed by atoms with Crippen molar-refractivity contribution in [3.63, 3.8) is 0 Å². The van der Waals surface area contributed by atoms with Gasteiger partial charge in [0.25, 0.3) is 0 Å². The Morgan fingerprint density at radius 1 is 0.844 bits per heavy atom. The van der Waals surface area contributed by atoms with Crippen molar-refractivity contribution in [1.82, 2.24) is 4.98 Å². The standard InChI is InChI=1S/C28H21N3O/c1-28(2)23-10-7-9-20(26(23)31-27(28)21-8-3-4-12-25(21)32)22-16-18(13-14-19(22)17-29)24-11-5-6-15-30-24/h3-16,32H,1-2H3. The van der Waals surface area contributed by atoms with Crippen molar-refractivity contribution in [2.45, 2.75) is 19.3 Å². The average molecular weight is 415 g/mol. The van der Waals surface area contributed by atoms with Crippen LogP contribution < -0.4 is 0 Å². The number of aromatic nitrogens is 1. The quantitative estimate of drug-likeness (QED) is 0.421. The smallest absolute Gasteiger partial charge is 0.124 e. The molecule has 0 fully saturated rings. The first kappa shape index (κ1) is 19.7. The normalized spacial score (nSPS) is 13.8. The number of fused-ring (bicyclic) bond motifs is 1. The number of pyridine rings is 1. The number of hydrogen-bond donors (Lipinski definition) is 1. The van der Waals surface area contributed by atoms with Crippen molar-refractivity contribution in [3.8, 4) is 34.2 Å². The third-order valence-corrected chi connectivity index (χ3v) is 6.08. The van der Waals surface area contributed by atoms with Crippen molar-refractivity contribution in [2.75, 3.05) is 0 Å². The summed E-state index contributed by atoms with van der Waals surface area (Å²) in [4.78, 5) is 9.48. The second-order valence-corrected chi connectivity index (χ2v) is 8.39. The Morgan fingerprint density at radius 3 is 2.38 bits per heavy atom. The predicted octanol–water partition coefficient (Wildman–Crippen LogP) is 6.40. The molecule has 4 nitrogen and oxygen atoms in total. The Labute approximate surface area is 187 Å². The molecule has 0 aliphatic carbocycles. The zero-order chi connectivity index (χ0) is 22.3. The van der Waals surface area contributed by atoms with E-state index in [0.717, 1.165) is 44.9 Å². The van der Waals surface area contributed by atoms with Gasteiger partial charge in [0.2, 0.25) is 0 Å². The first-order chi connectivity index (χ1) is 15.5. The van der Waals surface area contributed by atoms with E-state index in [9.17, 15) is 10.4 Å². The lowest BCUT2D eigenvalue weighted by molar-refractivity contribution is 0.473. The number of aromatic hydroxyl groups is 1. The second kappa shape index (κ2) is 7.47. The number of phenolic OH excluding ortho intramolecular Hbond substituents is 1. The van der Waals surface area contributed by atoms with Gasteiger partial charge in [-0.1, -0.05) is 56.3 Å². The minimum absolute atomic E-state index is 0.212. The molecule has 0 unspecified atom stereocenters. The third kappa shape index (κ3) is 3.07. The van der Waals surface area contributed by atoms with Crippen molar-refractivity contribution < 1.29 is 5.11 Å². The number of aliphatic imine (C=N–C) groups is 1. The Kier molecular flexibility index (Phi) is 4.61. The molecule has 0 spiro atoms. The van der Waals surface area contributed by atoms with E-state index in [-0.39, 0.29) is 5.75 Å². The van der Waals surface area contributed by atoms with Gasteiger partial charge in [0.1, 0.15) is 5.75 Å². The molecule has 1 N–H and O–H groups in total. The summed E-state index contributed by atoms with van der Waals surface area (Å²) in [6, 6.07) is 27.3. The summed E-state index contributed by atoms with van der Waals surface area (Å²) in [7, 11) is 0. The summed E-state index contributed by atoms with van der Waals surface area (Å²) in [5.41, 5.74) is 7.16. The fourth-order valence-corrected chi connectivity index (χ4v) is 4.39. The molecule has 0 bridgehead atoms. The summed E-state index contributed by atoms with van der Waals surface area (Å²) in [5, 5.41) is 20.3. The molecule has 0 saturated carbocycles. The lowest BCUT2D eigenvalue weighted by Gasteiger charge is -2.23. The molecule has 1 aliphatic rings. The van der Waals surface area contributed by atoms with E-state index < -0.39 is 5.41 Å². The van der Waals surface area contributed by atoms with Gasteiger partial charge >= 0.3 is 0 Å². The molecule has 1 aliphatic heterocycles. The van der Waals surface area contributed by atoms with Crippen LogP contribution in [0.2, 0.25) is 0 Å². The van der Waals surface area contributed by atoms with E-state index in [4.69, 9.17) is 4.99 Å². The maximum atomic E-state index is 10.5. The zero-order valence-electron chi connectivity index (χ0n) is 17.9. The van der Waals surface area contributed by atoms with Crippen LogP contribution in [-0.2, 0) is 5.41 Å². The van der Waals surface area contributed by atoms with Gasteiger partial charge in [-0.05, 0) is 42.0 Å². The van der Waals surface area contributed by atoms with E-state index in [1.807, 2.05) is 66.7 Å². The number of phenols is 1. The highest BCUT2D eigenvalue weighted by atomic mass is 16.3. The van der Waals surface area contributed by atoms with Gasteiger partial charge < -0.3 is 5.11 Å². The van der Waals surface area contributed by atoms with Gasteiger partial charge in [0.05, 0.1) is 28.7 Å². The highest BCUT2D eigenvalue weighted by Crippen LogP contribution is 2.48. The van der Waals surface area contributed by atoms with E-state index >= 15 is 0 Å². The molecular weight excluding hydrogens is 394 g/mol. The van der Waals surface area contributed by atoms with Crippen LogP contribution in [0.15, 0.2) is 90.1 Å². The Morgan fingerprint density at radius 2 is 1.62 bits per heavy atom. The van der Waals surface area contributed by atoms with Crippen molar-refractivity contribution in [2.24, 2.45) is 4.99 Å². The highest BCUT2D eigenvalue weighted by molar-refractivity contribution is 6.15. The van der Waals surface area contributed by atoms with Crippen LogP contribution in [0, 0.1) is 11.3 Å². The molecule has 0 atom stereocenters. The molecule has 4 aromatic rings. The van der Waals surface area contributed by atoms with Crippen molar-refractivity contribution in [3.05, 3.63) is 102 Å². The first-order valence-corrected chi connectivity index (χ1v) is 10.5. The monoisotopic (exact) mass is 415 g/mol. The summed E-state index contributed by atoms with van der Waals surface area (Å²) in [6.45, 7) is 4.23. The largest absolute Gasteiger partial charge is 0.507 e. The maximum Gasteiger partial charge on any atom is 0.124 e. The Bertz CT molecular complexity index is 1410. The molecule has 4 heteroatoms. The van der Waals surface area contributed by atoms with Gasteiger partial charge in [-0.25, -0.2) is 0 Å². The van der Waals surface area contributed by atoms with Crippen LogP contribution in [0.3, 0.4) is 0 Å². The molecule has 5 rings (SSSR count). The predicted molar refractivity (Wildman–Crippen MR) is 127 cm³/mol. The van der Waals surface area contributed by atoms with Crippen LogP contribution in [0.5, 0.6) is 5.75 Å². The minimum atomic E-state index is -0.393. The van der Waals surface area contributed by atoms with E-state index in [2.05, 4.69) is 31.0 Å². The number of hydrogen-bond acceptors (Lipinski definition) is 4. The SMILES string of the molecule is CC1(C)C(c2ccccc2O)=Nc2c(-c3cc(-c4ccccn4)ccc3C#N)cccc21. The molecule has 1 aromatic heterocycles. The minimum Gasteiger partial charge on any atom is -0.507 e. The second-order valence-electron chi connectivity index (χ2n) is 8.39. The number of nitrogens with zero attached hydrogens (tertiary/aromatic N) is 3. The van der Waals surface area contributed by atoms with E-state index in [1.54, 1.807) is 12.3 Å².